The van der Waals surface area contributed by atoms with Crippen LogP contribution >= 0.6 is 0 Å². The number of nitriles is 1. The summed E-state index contributed by atoms with van der Waals surface area (Å²) in [6.07, 6.45) is 3.64. The van der Waals surface area contributed by atoms with Gasteiger partial charge in [0.1, 0.15) is 11.6 Å². The molecule has 2 rings (SSSR count). The molecule has 1 fully saturated rings. The van der Waals surface area contributed by atoms with Crippen LogP contribution in [0.1, 0.15) is 44.6 Å². The number of nitrogens with one attached hydrogen (secondary N) is 2. The monoisotopic (exact) mass is 354 g/mol. The molecule has 6 nitrogen and oxygen atoms in total. The van der Waals surface area contributed by atoms with E-state index in [1.165, 1.54) is 11.8 Å². The van der Waals surface area contributed by atoms with Crippen LogP contribution in [0.3, 0.4) is 0 Å². The van der Waals surface area contributed by atoms with Gasteiger partial charge in [0.15, 0.2) is 0 Å². The molecule has 0 atom stereocenters. The molecule has 1 aromatic carbocycles. The smallest absolute Gasteiger partial charge is 0.263 e. The summed E-state index contributed by atoms with van der Waals surface area (Å²) >= 11 is 0. The number of carbonyl (C=O) groups excluding carboxylic acids is 2. The molecule has 0 spiro atoms. The predicted molar refractivity (Wildman–Crippen MR) is 101 cm³/mol. The van der Waals surface area contributed by atoms with Gasteiger partial charge in [-0.3, -0.25) is 9.59 Å². The van der Waals surface area contributed by atoms with Crippen LogP contribution in [0.25, 0.3) is 0 Å². The van der Waals surface area contributed by atoms with E-state index in [2.05, 4.69) is 24.5 Å². The molecule has 0 bridgehead atoms. The zero-order valence-electron chi connectivity index (χ0n) is 15.4. The molecule has 6 heteroatoms. The number of anilines is 1. The summed E-state index contributed by atoms with van der Waals surface area (Å²) in [5.74, 6) is 0.226. The molecule has 0 aliphatic carbocycles. The minimum absolute atomic E-state index is 0.0233. The van der Waals surface area contributed by atoms with Gasteiger partial charge in [0.2, 0.25) is 5.91 Å². The third-order valence-electron chi connectivity index (χ3n) is 4.39. The maximum atomic E-state index is 12.1. The van der Waals surface area contributed by atoms with E-state index in [0.29, 0.717) is 31.8 Å². The fourth-order valence-electron chi connectivity index (χ4n) is 2.78. The van der Waals surface area contributed by atoms with Crippen LogP contribution in [0, 0.1) is 11.3 Å². The van der Waals surface area contributed by atoms with E-state index in [1.54, 1.807) is 0 Å². The van der Waals surface area contributed by atoms with Crippen molar-refractivity contribution in [3.05, 3.63) is 41.6 Å². The van der Waals surface area contributed by atoms with E-state index in [0.717, 1.165) is 18.7 Å². The van der Waals surface area contributed by atoms with Crippen molar-refractivity contribution in [3.63, 3.8) is 0 Å². The highest BCUT2D eigenvalue weighted by Gasteiger charge is 2.19. The first-order valence-corrected chi connectivity index (χ1v) is 9.04. The van der Waals surface area contributed by atoms with E-state index >= 15 is 0 Å². The normalized spacial score (nSPS) is 14.5. The van der Waals surface area contributed by atoms with E-state index < -0.39 is 5.91 Å². The Bertz CT molecular complexity index is 702. The number of nitrogens with zero attached hydrogens (tertiary/aromatic N) is 2. The highest BCUT2D eigenvalue weighted by atomic mass is 16.2. The van der Waals surface area contributed by atoms with E-state index in [9.17, 15) is 14.9 Å². The Kier molecular flexibility index (Phi) is 7.22. The summed E-state index contributed by atoms with van der Waals surface area (Å²) in [5, 5.41) is 14.9. The molecule has 2 N–H and O–H groups in total. The SMILES string of the molecule is CC(C)c1ccc(N/C=C(/C#N)C(=O)NCCCN2CCCC2=O)cc1. The van der Waals surface area contributed by atoms with Crippen molar-refractivity contribution in [1.82, 2.24) is 10.2 Å². The van der Waals surface area contributed by atoms with Gasteiger partial charge in [-0.05, 0) is 36.5 Å². The van der Waals surface area contributed by atoms with Crippen LogP contribution in [0.5, 0.6) is 0 Å². The first-order valence-electron chi connectivity index (χ1n) is 9.04. The lowest BCUT2D eigenvalue weighted by Crippen LogP contribution is -2.31. The molecule has 138 valence electrons. The van der Waals surface area contributed by atoms with Crippen molar-refractivity contribution in [2.24, 2.45) is 0 Å². The molecule has 1 aliphatic heterocycles. The summed E-state index contributed by atoms with van der Waals surface area (Å²) in [6.45, 7) is 6.13. The Morgan fingerprint density at radius 3 is 2.65 bits per heavy atom. The summed E-state index contributed by atoms with van der Waals surface area (Å²) in [4.78, 5) is 25.4. The highest BCUT2D eigenvalue weighted by Crippen LogP contribution is 2.17. The molecule has 1 saturated heterocycles. The van der Waals surface area contributed by atoms with Crippen molar-refractivity contribution in [2.75, 3.05) is 25.0 Å². The second-order valence-corrected chi connectivity index (χ2v) is 6.68. The fraction of sp³-hybridized carbons (Fsp3) is 0.450. The van der Waals surface area contributed by atoms with E-state index in [-0.39, 0.29) is 11.5 Å². The molecular weight excluding hydrogens is 328 g/mol. The maximum Gasteiger partial charge on any atom is 0.263 e. The standard InChI is InChI=1S/C20H26N4O2/c1-15(2)16-6-8-18(9-7-16)23-14-17(13-21)20(26)22-10-4-12-24-11-3-5-19(24)25/h6-9,14-15,23H,3-5,10-12H2,1-2H3,(H,22,26)/b17-14-. The van der Waals surface area contributed by atoms with Crippen LogP contribution in [0.4, 0.5) is 5.69 Å². The van der Waals surface area contributed by atoms with Crippen LogP contribution in [0.2, 0.25) is 0 Å². The third-order valence-corrected chi connectivity index (χ3v) is 4.39. The number of carbonyl (C=O) groups is 2. The average molecular weight is 354 g/mol. The number of hydrogen-bond donors (Lipinski definition) is 2. The van der Waals surface area contributed by atoms with Gasteiger partial charge >= 0.3 is 0 Å². The van der Waals surface area contributed by atoms with E-state index in [1.807, 2.05) is 35.2 Å². The lowest BCUT2D eigenvalue weighted by molar-refractivity contribution is -0.127. The Hall–Kier alpha value is -2.81. The summed E-state index contributed by atoms with van der Waals surface area (Å²) < 4.78 is 0. The summed E-state index contributed by atoms with van der Waals surface area (Å²) in [5.41, 5.74) is 2.08. The average Bonchev–Trinajstić information content (AvgIpc) is 3.04. The first-order chi connectivity index (χ1) is 12.5. The molecule has 0 saturated carbocycles. The largest absolute Gasteiger partial charge is 0.360 e. The Morgan fingerprint density at radius 1 is 1.35 bits per heavy atom. The Balaban J connectivity index is 1.78. The molecule has 1 aliphatic rings. The summed E-state index contributed by atoms with van der Waals surface area (Å²) in [6, 6.07) is 9.80. The van der Waals surface area contributed by atoms with Crippen LogP contribution in [0.15, 0.2) is 36.0 Å². The van der Waals surface area contributed by atoms with Gasteiger partial charge in [-0.15, -0.1) is 0 Å². The second kappa shape index (κ2) is 9.62. The minimum Gasteiger partial charge on any atom is -0.360 e. The molecule has 1 heterocycles. The van der Waals surface area contributed by atoms with Crippen LogP contribution in [-0.2, 0) is 9.59 Å². The maximum absolute atomic E-state index is 12.1. The number of rotatable bonds is 8. The molecule has 0 unspecified atom stereocenters. The van der Waals surface area contributed by atoms with Gasteiger partial charge < -0.3 is 15.5 Å². The highest BCUT2D eigenvalue weighted by molar-refractivity contribution is 5.97. The molecule has 1 aromatic rings. The van der Waals surface area contributed by atoms with Gasteiger partial charge in [0.05, 0.1) is 0 Å². The van der Waals surface area contributed by atoms with Crippen LogP contribution < -0.4 is 10.6 Å². The lowest BCUT2D eigenvalue weighted by atomic mass is 10.0. The van der Waals surface area contributed by atoms with Gasteiger partial charge in [-0.2, -0.15) is 5.26 Å². The molecule has 0 radical (unpaired) electrons. The first kappa shape index (κ1) is 19.5. The van der Waals surface area contributed by atoms with Crippen molar-refractivity contribution >= 4 is 17.5 Å². The predicted octanol–water partition coefficient (Wildman–Crippen LogP) is 2.76. The second-order valence-electron chi connectivity index (χ2n) is 6.68. The van der Waals surface area contributed by atoms with Crippen molar-refractivity contribution in [1.29, 1.82) is 5.26 Å². The summed E-state index contributed by atoms with van der Waals surface area (Å²) in [7, 11) is 0. The van der Waals surface area contributed by atoms with Crippen molar-refractivity contribution < 1.29 is 9.59 Å². The number of hydrogen-bond acceptors (Lipinski definition) is 4. The van der Waals surface area contributed by atoms with E-state index in [4.69, 9.17) is 0 Å². The van der Waals surface area contributed by atoms with Gasteiger partial charge in [-0.1, -0.05) is 26.0 Å². The van der Waals surface area contributed by atoms with Crippen LogP contribution in [-0.4, -0.2) is 36.3 Å². The lowest BCUT2D eigenvalue weighted by Gasteiger charge is -2.15. The van der Waals surface area contributed by atoms with Crippen molar-refractivity contribution in [3.8, 4) is 6.07 Å². The molecule has 0 aromatic heterocycles. The minimum atomic E-state index is -0.411. The van der Waals surface area contributed by atoms with Crippen molar-refractivity contribution in [2.45, 2.75) is 39.0 Å². The Morgan fingerprint density at radius 2 is 2.08 bits per heavy atom. The number of amides is 2. The molecule has 2 amide bonds. The van der Waals surface area contributed by atoms with Gasteiger partial charge in [0, 0.05) is 37.9 Å². The quantitative estimate of drug-likeness (QED) is 0.427. The third kappa shape index (κ3) is 5.62. The number of benzene rings is 1. The Labute approximate surface area is 154 Å². The van der Waals surface area contributed by atoms with Gasteiger partial charge in [0.25, 0.3) is 5.91 Å². The fourth-order valence-corrected chi connectivity index (χ4v) is 2.78. The van der Waals surface area contributed by atoms with Gasteiger partial charge in [-0.25, -0.2) is 0 Å². The topological polar surface area (TPSA) is 85.2 Å². The number of likely N-dealkylation sites (tertiary alicyclic amines) is 1. The zero-order valence-corrected chi connectivity index (χ0v) is 15.4. The molecule has 26 heavy (non-hydrogen) atoms. The molecular formula is C20H26N4O2. The zero-order chi connectivity index (χ0) is 18.9.